The molecule has 7 heteroatoms. The maximum Gasteiger partial charge on any atom is 0.269 e. The molecule has 33 heavy (non-hydrogen) atoms. The van der Waals surface area contributed by atoms with Crippen molar-refractivity contribution in [2.24, 2.45) is 0 Å². The smallest absolute Gasteiger partial charge is 0.269 e. The molecule has 4 rings (SSSR count). The van der Waals surface area contributed by atoms with Crippen LogP contribution in [0.4, 0.5) is 20.3 Å². The first-order valence-corrected chi connectivity index (χ1v) is 10.4. The Morgan fingerprint density at radius 1 is 0.970 bits per heavy atom. The van der Waals surface area contributed by atoms with Crippen LogP contribution >= 0.6 is 0 Å². The summed E-state index contributed by atoms with van der Waals surface area (Å²) in [7, 11) is 0. The molecule has 0 saturated heterocycles. The normalized spacial score (nSPS) is 10.9. The van der Waals surface area contributed by atoms with Gasteiger partial charge in [-0.25, -0.2) is 13.8 Å². The van der Waals surface area contributed by atoms with E-state index in [1.54, 1.807) is 12.1 Å². The van der Waals surface area contributed by atoms with E-state index >= 15 is 0 Å². The van der Waals surface area contributed by atoms with Gasteiger partial charge in [0.1, 0.15) is 28.8 Å². The van der Waals surface area contributed by atoms with E-state index < -0.39 is 17.2 Å². The first-order chi connectivity index (χ1) is 15.9. The van der Waals surface area contributed by atoms with Crippen LogP contribution in [0.25, 0.3) is 17.1 Å². The van der Waals surface area contributed by atoms with Gasteiger partial charge < -0.3 is 10.7 Å². The zero-order chi connectivity index (χ0) is 23.5. The van der Waals surface area contributed by atoms with Gasteiger partial charge in [0, 0.05) is 23.5 Å². The van der Waals surface area contributed by atoms with Crippen LogP contribution in [-0.4, -0.2) is 15.8 Å². The van der Waals surface area contributed by atoms with Crippen molar-refractivity contribution in [3.05, 3.63) is 106 Å². The Labute approximate surface area is 189 Å². The highest BCUT2D eigenvalue weighted by molar-refractivity contribution is 5.86. The molecule has 3 aromatic carbocycles. The van der Waals surface area contributed by atoms with Crippen molar-refractivity contribution in [2.75, 3.05) is 5.32 Å². The maximum atomic E-state index is 14.0. The summed E-state index contributed by atoms with van der Waals surface area (Å²) in [5, 5.41) is 10.9. The standard InChI is InChI=1S/C26H22F2N4O/c1-16(2)17-8-10-18(11-9-17)25-31-24(30-21-6-4-3-5-7-21)23(15-29)26(33)32(25)22-13-19(27)12-20(28)14-22/h3-16,29-30H,1-2H3. The molecule has 0 radical (unpaired) electrons. The van der Waals surface area contributed by atoms with Crippen molar-refractivity contribution in [1.82, 2.24) is 9.55 Å². The van der Waals surface area contributed by atoms with E-state index in [4.69, 9.17) is 5.41 Å². The molecular weight excluding hydrogens is 422 g/mol. The van der Waals surface area contributed by atoms with E-state index in [2.05, 4.69) is 24.1 Å². The van der Waals surface area contributed by atoms with Crippen LogP contribution in [0.2, 0.25) is 0 Å². The Morgan fingerprint density at radius 3 is 2.18 bits per heavy atom. The van der Waals surface area contributed by atoms with Gasteiger partial charge in [0.05, 0.1) is 5.69 Å². The Balaban J connectivity index is 1.99. The van der Waals surface area contributed by atoms with Crippen molar-refractivity contribution >= 4 is 17.7 Å². The fourth-order valence-electron chi connectivity index (χ4n) is 3.54. The summed E-state index contributed by atoms with van der Waals surface area (Å²) in [5.74, 6) is -0.953. The Kier molecular flexibility index (Phi) is 6.13. The molecule has 5 nitrogen and oxygen atoms in total. The fraction of sp³-hybridized carbons (Fsp3) is 0.115. The lowest BCUT2D eigenvalue weighted by Crippen LogP contribution is -2.27. The first kappa shape index (κ1) is 22.1. The third kappa shape index (κ3) is 4.57. The molecule has 1 aromatic heterocycles. The number of anilines is 2. The largest absolute Gasteiger partial charge is 0.339 e. The molecule has 0 atom stereocenters. The topological polar surface area (TPSA) is 70.8 Å². The zero-order valence-corrected chi connectivity index (χ0v) is 18.1. The van der Waals surface area contributed by atoms with Gasteiger partial charge in [-0.3, -0.25) is 9.36 Å². The number of nitrogens with one attached hydrogen (secondary N) is 2. The van der Waals surface area contributed by atoms with E-state index in [-0.39, 0.29) is 22.9 Å². The molecule has 166 valence electrons. The van der Waals surface area contributed by atoms with Crippen molar-refractivity contribution in [3.8, 4) is 17.1 Å². The lowest BCUT2D eigenvalue weighted by Gasteiger charge is -2.17. The molecule has 0 aliphatic carbocycles. The predicted molar refractivity (Wildman–Crippen MR) is 127 cm³/mol. The third-order valence-electron chi connectivity index (χ3n) is 5.24. The Hall–Kier alpha value is -4.13. The second kappa shape index (κ2) is 9.16. The lowest BCUT2D eigenvalue weighted by atomic mass is 10.0. The van der Waals surface area contributed by atoms with Crippen LogP contribution in [0.15, 0.2) is 77.6 Å². The summed E-state index contributed by atoms with van der Waals surface area (Å²) in [6, 6.07) is 19.5. The number of halogens is 2. The number of hydrogen-bond acceptors (Lipinski definition) is 4. The zero-order valence-electron chi connectivity index (χ0n) is 18.1. The highest BCUT2D eigenvalue weighted by atomic mass is 19.1. The quantitative estimate of drug-likeness (QED) is 0.356. The number of nitrogens with zero attached hydrogens (tertiary/aromatic N) is 2. The van der Waals surface area contributed by atoms with Gasteiger partial charge in [0.15, 0.2) is 0 Å². The predicted octanol–water partition coefficient (Wildman–Crippen LogP) is 6.04. The number of rotatable bonds is 6. The van der Waals surface area contributed by atoms with E-state index in [1.807, 2.05) is 42.5 Å². The van der Waals surface area contributed by atoms with Gasteiger partial charge in [-0.15, -0.1) is 0 Å². The van der Waals surface area contributed by atoms with Crippen molar-refractivity contribution < 1.29 is 8.78 Å². The summed E-state index contributed by atoms with van der Waals surface area (Å²) >= 11 is 0. The molecule has 4 aromatic rings. The number of hydrogen-bond donors (Lipinski definition) is 2. The van der Waals surface area contributed by atoms with Gasteiger partial charge in [0.25, 0.3) is 5.56 Å². The van der Waals surface area contributed by atoms with Crippen molar-refractivity contribution in [1.29, 1.82) is 5.41 Å². The molecule has 0 aliphatic rings. The summed E-state index contributed by atoms with van der Waals surface area (Å²) in [6.45, 7) is 4.14. The Bertz CT molecular complexity index is 1340. The van der Waals surface area contributed by atoms with Crippen LogP contribution in [0.3, 0.4) is 0 Å². The molecule has 0 aliphatic heterocycles. The SMILES string of the molecule is CC(C)c1ccc(-c2nc(Nc3ccccc3)c(C=N)c(=O)n2-c2cc(F)cc(F)c2)cc1. The molecule has 0 fully saturated rings. The second-order valence-corrected chi connectivity index (χ2v) is 7.88. The molecular formula is C26H22F2N4O. The van der Waals surface area contributed by atoms with Crippen LogP contribution in [-0.2, 0) is 0 Å². The van der Waals surface area contributed by atoms with Gasteiger partial charge in [-0.2, -0.15) is 0 Å². The van der Waals surface area contributed by atoms with Gasteiger partial charge >= 0.3 is 0 Å². The van der Waals surface area contributed by atoms with Gasteiger partial charge in [-0.05, 0) is 35.7 Å². The number of para-hydroxylation sites is 1. The summed E-state index contributed by atoms with van der Waals surface area (Å²) in [6.07, 6.45) is 0.887. The van der Waals surface area contributed by atoms with Gasteiger partial charge in [-0.1, -0.05) is 56.3 Å². The van der Waals surface area contributed by atoms with Crippen LogP contribution in [0, 0.1) is 17.0 Å². The maximum absolute atomic E-state index is 14.0. The lowest BCUT2D eigenvalue weighted by molar-refractivity contribution is 0.581. The summed E-state index contributed by atoms with van der Waals surface area (Å²) in [4.78, 5) is 18.1. The summed E-state index contributed by atoms with van der Waals surface area (Å²) in [5.41, 5.74) is 1.71. The monoisotopic (exact) mass is 444 g/mol. The highest BCUT2D eigenvalue weighted by Gasteiger charge is 2.19. The average Bonchev–Trinajstić information content (AvgIpc) is 2.79. The molecule has 0 amide bonds. The molecule has 0 bridgehead atoms. The molecule has 2 N–H and O–H groups in total. The van der Waals surface area contributed by atoms with E-state index in [9.17, 15) is 13.6 Å². The molecule has 0 saturated carbocycles. The molecule has 1 heterocycles. The fourth-order valence-corrected chi connectivity index (χ4v) is 3.54. The highest BCUT2D eigenvalue weighted by Crippen LogP contribution is 2.26. The minimum absolute atomic E-state index is 0.0118. The minimum atomic E-state index is -0.819. The van der Waals surface area contributed by atoms with Crippen molar-refractivity contribution in [2.45, 2.75) is 19.8 Å². The van der Waals surface area contributed by atoms with E-state index in [0.29, 0.717) is 17.2 Å². The Morgan fingerprint density at radius 2 is 1.61 bits per heavy atom. The summed E-state index contributed by atoms with van der Waals surface area (Å²) < 4.78 is 29.2. The number of benzene rings is 3. The van der Waals surface area contributed by atoms with Gasteiger partial charge in [0.2, 0.25) is 0 Å². The van der Waals surface area contributed by atoms with Crippen LogP contribution < -0.4 is 10.9 Å². The minimum Gasteiger partial charge on any atom is -0.339 e. The molecule has 0 spiro atoms. The average molecular weight is 444 g/mol. The van der Waals surface area contributed by atoms with Crippen LogP contribution in [0.5, 0.6) is 0 Å². The molecule has 0 unspecified atom stereocenters. The third-order valence-corrected chi connectivity index (χ3v) is 5.24. The first-order valence-electron chi connectivity index (χ1n) is 10.4. The number of aromatic nitrogens is 2. The second-order valence-electron chi connectivity index (χ2n) is 7.88. The van der Waals surface area contributed by atoms with Crippen molar-refractivity contribution in [3.63, 3.8) is 0 Å². The van der Waals surface area contributed by atoms with E-state index in [1.165, 1.54) is 0 Å². The van der Waals surface area contributed by atoms with Crippen LogP contribution in [0.1, 0.15) is 30.9 Å². The van der Waals surface area contributed by atoms with E-state index in [0.717, 1.165) is 34.5 Å².